The summed E-state index contributed by atoms with van der Waals surface area (Å²) in [6.45, 7) is 7.24. The Bertz CT molecular complexity index is 250. The lowest BCUT2D eigenvalue weighted by atomic mass is 9.73. The van der Waals surface area contributed by atoms with Crippen LogP contribution < -0.4 is 5.32 Å². The molecule has 0 unspecified atom stereocenters. The summed E-state index contributed by atoms with van der Waals surface area (Å²) in [6, 6.07) is 1.64. The van der Waals surface area contributed by atoms with E-state index in [1.807, 2.05) is 0 Å². The molecule has 0 spiro atoms. The lowest BCUT2D eigenvalue weighted by Gasteiger charge is -2.42. The smallest absolute Gasteiger partial charge is 0.00872 e. The van der Waals surface area contributed by atoms with Crippen molar-refractivity contribution in [3.63, 3.8) is 0 Å². The van der Waals surface area contributed by atoms with Crippen molar-refractivity contribution in [2.75, 3.05) is 20.1 Å². The van der Waals surface area contributed by atoms with E-state index >= 15 is 0 Å². The van der Waals surface area contributed by atoms with E-state index in [9.17, 15) is 0 Å². The standard InChI is InChI=1S/C17H34N2/c1-4-16(5-2)19(3)14-17(11-7-6-8-12-17)13-18-15-9-10-15/h15-16,18H,4-14H2,1-3H3. The Morgan fingerprint density at radius 3 is 2.26 bits per heavy atom. The molecule has 0 heterocycles. The zero-order valence-electron chi connectivity index (χ0n) is 13.4. The van der Waals surface area contributed by atoms with Gasteiger partial charge in [0.1, 0.15) is 0 Å². The van der Waals surface area contributed by atoms with Gasteiger partial charge in [0.25, 0.3) is 0 Å². The van der Waals surface area contributed by atoms with Crippen molar-refractivity contribution in [3.8, 4) is 0 Å². The quantitative estimate of drug-likeness (QED) is 0.718. The Kier molecular flexibility index (Phi) is 5.70. The molecule has 0 atom stereocenters. The fourth-order valence-corrected chi connectivity index (χ4v) is 3.91. The van der Waals surface area contributed by atoms with Gasteiger partial charge in [0, 0.05) is 25.2 Å². The van der Waals surface area contributed by atoms with E-state index < -0.39 is 0 Å². The van der Waals surface area contributed by atoms with E-state index in [1.54, 1.807) is 0 Å². The summed E-state index contributed by atoms with van der Waals surface area (Å²) >= 11 is 0. The second kappa shape index (κ2) is 7.08. The summed E-state index contributed by atoms with van der Waals surface area (Å²) in [6.07, 6.45) is 12.6. The highest BCUT2D eigenvalue weighted by Gasteiger charge is 2.35. The molecule has 2 fully saturated rings. The maximum atomic E-state index is 3.82. The van der Waals surface area contributed by atoms with Gasteiger partial charge in [-0.1, -0.05) is 33.1 Å². The molecule has 0 radical (unpaired) electrons. The van der Waals surface area contributed by atoms with Crippen molar-refractivity contribution in [2.24, 2.45) is 5.41 Å². The van der Waals surface area contributed by atoms with Gasteiger partial charge in [-0.15, -0.1) is 0 Å². The summed E-state index contributed by atoms with van der Waals surface area (Å²) in [5.74, 6) is 0. The summed E-state index contributed by atoms with van der Waals surface area (Å²) in [7, 11) is 2.35. The highest BCUT2D eigenvalue weighted by atomic mass is 15.1. The van der Waals surface area contributed by atoms with Crippen LogP contribution in [0.15, 0.2) is 0 Å². The molecule has 0 aliphatic heterocycles. The van der Waals surface area contributed by atoms with Crippen LogP contribution in [0.25, 0.3) is 0 Å². The van der Waals surface area contributed by atoms with Gasteiger partial charge in [-0.05, 0) is 51.0 Å². The average molecular weight is 266 g/mol. The Hall–Kier alpha value is -0.0800. The Balaban J connectivity index is 1.91. The van der Waals surface area contributed by atoms with Gasteiger partial charge in [-0.25, -0.2) is 0 Å². The summed E-state index contributed by atoms with van der Waals surface area (Å²) in [5.41, 5.74) is 0.568. The molecule has 0 aromatic heterocycles. The molecule has 2 aliphatic rings. The minimum absolute atomic E-state index is 0.568. The molecule has 1 N–H and O–H groups in total. The van der Waals surface area contributed by atoms with Crippen molar-refractivity contribution < 1.29 is 0 Å². The number of nitrogens with zero attached hydrogens (tertiary/aromatic N) is 1. The number of rotatable bonds is 8. The zero-order chi connectivity index (χ0) is 13.7. The van der Waals surface area contributed by atoms with Gasteiger partial charge in [0.2, 0.25) is 0 Å². The third-order valence-electron chi connectivity index (χ3n) is 5.41. The number of hydrogen-bond donors (Lipinski definition) is 1. The molecule has 0 saturated heterocycles. The second-order valence-electron chi connectivity index (χ2n) is 7.10. The zero-order valence-corrected chi connectivity index (χ0v) is 13.4. The Labute approximate surface area is 120 Å². The summed E-state index contributed by atoms with van der Waals surface area (Å²) in [4.78, 5) is 2.65. The van der Waals surface area contributed by atoms with Gasteiger partial charge >= 0.3 is 0 Å². The van der Waals surface area contributed by atoms with Gasteiger partial charge in [-0.3, -0.25) is 0 Å². The normalized spacial score (nSPS) is 23.2. The molecule has 19 heavy (non-hydrogen) atoms. The molecule has 112 valence electrons. The van der Waals surface area contributed by atoms with Crippen LogP contribution >= 0.6 is 0 Å². The number of hydrogen-bond acceptors (Lipinski definition) is 2. The van der Waals surface area contributed by atoms with E-state index in [1.165, 1.54) is 70.9 Å². The van der Waals surface area contributed by atoms with E-state index in [0.29, 0.717) is 5.41 Å². The lowest BCUT2D eigenvalue weighted by Crippen LogP contribution is -2.47. The molecular weight excluding hydrogens is 232 g/mol. The first-order valence-electron chi connectivity index (χ1n) is 8.63. The molecule has 2 aliphatic carbocycles. The maximum absolute atomic E-state index is 3.82. The van der Waals surface area contributed by atoms with Gasteiger partial charge in [0.15, 0.2) is 0 Å². The molecular formula is C17H34N2. The molecule has 0 bridgehead atoms. The SMILES string of the molecule is CCC(CC)N(C)CC1(CNC2CC2)CCCCC1. The van der Waals surface area contributed by atoms with Crippen LogP contribution in [-0.4, -0.2) is 37.1 Å². The topological polar surface area (TPSA) is 15.3 Å². The predicted octanol–water partition coefficient (Wildman–Crippen LogP) is 3.81. The first-order valence-corrected chi connectivity index (χ1v) is 8.63. The summed E-state index contributed by atoms with van der Waals surface area (Å²) in [5, 5.41) is 3.82. The second-order valence-corrected chi connectivity index (χ2v) is 7.10. The third-order valence-corrected chi connectivity index (χ3v) is 5.41. The average Bonchev–Trinajstić information content (AvgIpc) is 3.23. The van der Waals surface area contributed by atoms with Gasteiger partial charge < -0.3 is 10.2 Å². The van der Waals surface area contributed by atoms with E-state index in [0.717, 1.165) is 12.1 Å². The highest BCUT2D eigenvalue weighted by Crippen LogP contribution is 2.37. The van der Waals surface area contributed by atoms with Crippen molar-refractivity contribution in [2.45, 2.75) is 83.7 Å². The van der Waals surface area contributed by atoms with Gasteiger partial charge in [0.05, 0.1) is 0 Å². The van der Waals surface area contributed by atoms with Crippen molar-refractivity contribution >= 4 is 0 Å². The summed E-state index contributed by atoms with van der Waals surface area (Å²) < 4.78 is 0. The fourth-order valence-electron chi connectivity index (χ4n) is 3.91. The number of nitrogens with one attached hydrogen (secondary N) is 1. The minimum Gasteiger partial charge on any atom is -0.313 e. The molecule has 0 aromatic rings. The van der Waals surface area contributed by atoms with Crippen LogP contribution in [0.5, 0.6) is 0 Å². The van der Waals surface area contributed by atoms with Crippen molar-refractivity contribution in [1.29, 1.82) is 0 Å². The lowest BCUT2D eigenvalue weighted by molar-refractivity contribution is 0.0893. The van der Waals surface area contributed by atoms with E-state index in [2.05, 4.69) is 31.1 Å². The van der Waals surface area contributed by atoms with Crippen LogP contribution in [-0.2, 0) is 0 Å². The molecule has 0 amide bonds. The van der Waals surface area contributed by atoms with Gasteiger partial charge in [-0.2, -0.15) is 0 Å². The first kappa shape index (κ1) is 15.3. The first-order chi connectivity index (χ1) is 9.19. The highest BCUT2D eigenvalue weighted by molar-refractivity contribution is 4.91. The monoisotopic (exact) mass is 266 g/mol. The van der Waals surface area contributed by atoms with Crippen LogP contribution in [0.4, 0.5) is 0 Å². The molecule has 0 aromatic carbocycles. The maximum Gasteiger partial charge on any atom is 0.00872 e. The predicted molar refractivity (Wildman–Crippen MR) is 83.5 cm³/mol. The molecule has 2 heteroatoms. The Morgan fingerprint density at radius 1 is 1.11 bits per heavy atom. The minimum atomic E-state index is 0.568. The van der Waals surface area contributed by atoms with Crippen molar-refractivity contribution in [3.05, 3.63) is 0 Å². The largest absolute Gasteiger partial charge is 0.313 e. The van der Waals surface area contributed by atoms with Crippen LogP contribution in [0.3, 0.4) is 0 Å². The van der Waals surface area contributed by atoms with Crippen LogP contribution in [0.2, 0.25) is 0 Å². The fraction of sp³-hybridized carbons (Fsp3) is 1.00. The van der Waals surface area contributed by atoms with Crippen LogP contribution in [0.1, 0.15) is 71.6 Å². The van der Waals surface area contributed by atoms with E-state index in [4.69, 9.17) is 0 Å². The van der Waals surface area contributed by atoms with Crippen LogP contribution in [0, 0.1) is 5.41 Å². The molecule has 2 nitrogen and oxygen atoms in total. The molecule has 2 rings (SSSR count). The van der Waals surface area contributed by atoms with Crippen molar-refractivity contribution in [1.82, 2.24) is 10.2 Å². The Morgan fingerprint density at radius 2 is 1.74 bits per heavy atom. The molecule has 2 saturated carbocycles. The third kappa shape index (κ3) is 4.46. The van der Waals surface area contributed by atoms with E-state index in [-0.39, 0.29) is 0 Å².